The predicted octanol–water partition coefficient (Wildman–Crippen LogP) is 4.38. The zero-order valence-electron chi connectivity index (χ0n) is 17.8. The molecular weight excluding hydrogens is 504 g/mol. The zero-order chi connectivity index (χ0) is 25.5. The van der Waals surface area contributed by atoms with Crippen LogP contribution in [0.15, 0.2) is 23.7 Å². The first-order valence-corrected chi connectivity index (χ1v) is 10.9. The van der Waals surface area contributed by atoms with E-state index in [-0.39, 0.29) is 31.1 Å². The molecule has 1 atom stereocenters. The highest BCUT2D eigenvalue weighted by molar-refractivity contribution is 7.16. The van der Waals surface area contributed by atoms with Crippen molar-refractivity contribution in [3.8, 4) is 0 Å². The molecule has 3 aromatic rings. The Kier molecular flexibility index (Phi) is 6.35. The number of alkyl halides is 6. The summed E-state index contributed by atoms with van der Waals surface area (Å²) in [7, 11) is 0. The summed E-state index contributed by atoms with van der Waals surface area (Å²) in [6.45, 7) is 2.43. The van der Waals surface area contributed by atoms with Crippen LogP contribution in [0.1, 0.15) is 18.1 Å². The van der Waals surface area contributed by atoms with Crippen molar-refractivity contribution in [2.75, 3.05) is 35.6 Å². The van der Waals surface area contributed by atoms with Crippen LogP contribution in [-0.2, 0) is 17.2 Å². The number of halogens is 6. The molecule has 3 N–H and O–H groups in total. The van der Waals surface area contributed by atoms with Crippen molar-refractivity contribution in [1.29, 1.82) is 0 Å². The third kappa shape index (κ3) is 5.32. The number of benzene rings is 1. The van der Waals surface area contributed by atoms with E-state index in [0.717, 1.165) is 0 Å². The Morgan fingerprint density at radius 1 is 1.17 bits per heavy atom. The third-order valence-electron chi connectivity index (χ3n) is 5.16. The summed E-state index contributed by atoms with van der Waals surface area (Å²) >= 11 is 1.30. The number of nitrogen functional groups attached to an aromatic ring is 1. The smallest absolute Gasteiger partial charge is 0.368 e. The van der Waals surface area contributed by atoms with Gasteiger partial charge in [0.15, 0.2) is 10.6 Å². The lowest BCUT2D eigenvalue weighted by atomic mass is 10.1. The quantitative estimate of drug-likeness (QED) is 0.489. The van der Waals surface area contributed by atoms with Crippen LogP contribution >= 0.6 is 11.3 Å². The Balaban J connectivity index is 1.44. The summed E-state index contributed by atoms with van der Waals surface area (Å²) in [5.74, 6) is 0.573. The first-order chi connectivity index (χ1) is 16.3. The fraction of sp³-hybridized carbons (Fsp3) is 0.368. The van der Waals surface area contributed by atoms with Crippen LogP contribution in [0, 0.1) is 0 Å². The van der Waals surface area contributed by atoms with Gasteiger partial charge in [-0.2, -0.15) is 31.3 Å². The fourth-order valence-corrected chi connectivity index (χ4v) is 4.26. The minimum absolute atomic E-state index is 0.0664. The number of piperazine rings is 1. The summed E-state index contributed by atoms with van der Waals surface area (Å²) in [6, 6.07) is 0.639. The average molecular weight is 521 g/mol. The SMILES string of the molecule is C[C@H]1CN(OC(=O)Nc2ccc(C(F)(F)F)cc2C(F)(F)F)CCN1c1nc(N)nc2scnc12. The van der Waals surface area contributed by atoms with E-state index in [9.17, 15) is 31.1 Å². The van der Waals surface area contributed by atoms with Gasteiger partial charge in [0.2, 0.25) is 5.95 Å². The Bertz CT molecular complexity index is 1250. The first-order valence-electron chi connectivity index (χ1n) is 9.98. The third-order valence-corrected chi connectivity index (χ3v) is 5.88. The van der Waals surface area contributed by atoms with E-state index in [1.54, 1.807) is 5.51 Å². The van der Waals surface area contributed by atoms with E-state index >= 15 is 0 Å². The van der Waals surface area contributed by atoms with Crippen LogP contribution in [0.2, 0.25) is 0 Å². The number of rotatable bonds is 3. The molecule has 0 spiro atoms. The molecule has 1 aliphatic heterocycles. The molecule has 4 rings (SSSR count). The van der Waals surface area contributed by atoms with Gasteiger partial charge in [0, 0.05) is 12.6 Å². The molecule has 0 saturated carbocycles. The van der Waals surface area contributed by atoms with Crippen LogP contribution in [0.5, 0.6) is 0 Å². The molecule has 1 amide bonds. The number of amides is 1. The van der Waals surface area contributed by atoms with Gasteiger partial charge >= 0.3 is 18.4 Å². The maximum atomic E-state index is 13.3. The highest BCUT2D eigenvalue weighted by Crippen LogP contribution is 2.39. The van der Waals surface area contributed by atoms with Crippen molar-refractivity contribution in [2.24, 2.45) is 0 Å². The second-order valence-corrected chi connectivity index (χ2v) is 8.43. The van der Waals surface area contributed by atoms with Crippen molar-refractivity contribution in [3.63, 3.8) is 0 Å². The summed E-state index contributed by atoms with van der Waals surface area (Å²) in [6.07, 6.45) is -11.4. The molecule has 3 heterocycles. The molecule has 16 heteroatoms. The number of hydrogen-bond donors (Lipinski definition) is 2. The number of nitrogens with two attached hydrogens (primary N) is 1. The van der Waals surface area contributed by atoms with Gasteiger partial charge in [-0.05, 0) is 25.1 Å². The predicted molar refractivity (Wildman–Crippen MR) is 115 cm³/mol. The van der Waals surface area contributed by atoms with Gasteiger partial charge in [0.25, 0.3) is 0 Å². The Hall–Kier alpha value is -3.40. The van der Waals surface area contributed by atoms with E-state index in [1.807, 2.05) is 17.1 Å². The van der Waals surface area contributed by atoms with Crippen LogP contribution in [-0.4, -0.2) is 51.8 Å². The topological polar surface area (TPSA) is 110 Å². The Morgan fingerprint density at radius 2 is 1.91 bits per heavy atom. The molecular formula is C19H17F6N7O2S. The van der Waals surface area contributed by atoms with Crippen molar-refractivity contribution in [2.45, 2.75) is 25.3 Å². The Morgan fingerprint density at radius 3 is 2.57 bits per heavy atom. The molecule has 1 saturated heterocycles. The molecule has 0 aliphatic carbocycles. The van der Waals surface area contributed by atoms with Crippen LogP contribution in [0.4, 0.5) is 48.6 Å². The van der Waals surface area contributed by atoms with Crippen molar-refractivity contribution < 1.29 is 36.0 Å². The molecule has 35 heavy (non-hydrogen) atoms. The number of thiazole rings is 1. The highest BCUT2D eigenvalue weighted by Gasteiger charge is 2.39. The minimum atomic E-state index is -5.13. The summed E-state index contributed by atoms with van der Waals surface area (Å²) in [5, 5.41) is 3.11. The average Bonchev–Trinajstić information content (AvgIpc) is 3.20. The highest BCUT2D eigenvalue weighted by atomic mass is 32.1. The lowest BCUT2D eigenvalue weighted by Gasteiger charge is -2.39. The molecule has 1 aliphatic rings. The van der Waals surface area contributed by atoms with Crippen LogP contribution in [0.25, 0.3) is 10.3 Å². The number of fused-ring (bicyclic) bond motifs is 1. The van der Waals surface area contributed by atoms with Gasteiger partial charge in [-0.3, -0.25) is 5.32 Å². The normalized spacial score (nSPS) is 17.6. The number of aromatic nitrogens is 3. The standard InChI is InChI=1S/C19H17F6N7O2S/c1-9-7-31(4-5-32(9)14-13-15(35-8-27-13)30-16(26)29-14)34-17(33)28-12-3-2-10(18(20,21)22)6-11(12)19(23,24)25/h2-3,6,8-9H,4-5,7H2,1H3,(H,28,33)(H2,26,29,30)/t9-/m0/s1. The molecule has 2 aromatic heterocycles. The number of nitrogens with zero attached hydrogens (tertiary/aromatic N) is 5. The van der Waals surface area contributed by atoms with E-state index in [0.29, 0.717) is 34.8 Å². The van der Waals surface area contributed by atoms with E-state index in [4.69, 9.17) is 10.6 Å². The number of carbonyl (C=O) groups excluding carboxylic acids is 1. The second kappa shape index (κ2) is 8.99. The monoisotopic (exact) mass is 521 g/mol. The first kappa shape index (κ1) is 24.7. The van der Waals surface area contributed by atoms with Gasteiger partial charge in [0.1, 0.15) is 5.52 Å². The molecule has 0 bridgehead atoms. The Labute approximate surface area is 197 Å². The molecule has 1 aromatic carbocycles. The second-order valence-electron chi connectivity index (χ2n) is 7.60. The maximum Gasteiger partial charge on any atom is 0.430 e. The van der Waals surface area contributed by atoms with Crippen molar-refractivity contribution in [3.05, 3.63) is 34.8 Å². The van der Waals surface area contributed by atoms with Gasteiger partial charge in [-0.1, -0.05) is 0 Å². The van der Waals surface area contributed by atoms with Gasteiger partial charge in [-0.15, -0.1) is 16.4 Å². The summed E-state index contributed by atoms with van der Waals surface area (Å²) in [5.41, 5.74) is 3.95. The minimum Gasteiger partial charge on any atom is -0.368 e. The van der Waals surface area contributed by atoms with Crippen LogP contribution < -0.4 is 16.0 Å². The lowest BCUT2D eigenvalue weighted by molar-refractivity contribution is -0.142. The number of carbonyl (C=O) groups is 1. The van der Waals surface area contributed by atoms with Crippen molar-refractivity contribution >= 4 is 45.2 Å². The fourth-order valence-electron chi connectivity index (χ4n) is 3.60. The lowest BCUT2D eigenvalue weighted by Crippen LogP contribution is -2.53. The zero-order valence-corrected chi connectivity index (χ0v) is 18.6. The summed E-state index contributed by atoms with van der Waals surface area (Å²) < 4.78 is 78.4. The number of anilines is 3. The molecule has 0 unspecified atom stereocenters. The molecule has 9 nitrogen and oxygen atoms in total. The molecule has 188 valence electrons. The number of hydrogen-bond acceptors (Lipinski definition) is 9. The summed E-state index contributed by atoms with van der Waals surface area (Å²) in [4.78, 5) is 32.5. The maximum absolute atomic E-state index is 13.3. The molecule has 0 radical (unpaired) electrons. The van der Waals surface area contributed by atoms with Gasteiger partial charge in [0.05, 0.1) is 35.4 Å². The largest absolute Gasteiger partial charge is 0.430 e. The molecule has 1 fully saturated rings. The van der Waals surface area contributed by atoms with E-state index in [1.165, 1.54) is 16.4 Å². The van der Waals surface area contributed by atoms with Crippen molar-refractivity contribution in [1.82, 2.24) is 20.0 Å². The number of hydroxylamine groups is 2. The van der Waals surface area contributed by atoms with Crippen LogP contribution in [0.3, 0.4) is 0 Å². The van der Waals surface area contributed by atoms with E-state index in [2.05, 4.69) is 15.0 Å². The number of nitrogens with one attached hydrogen (secondary N) is 1. The van der Waals surface area contributed by atoms with Gasteiger partial charge < -0.3 is 15.5 Å². The van der Waals surface area contributed by atoms with E-state index < -0.39 is 35.3 Å². The van der Waals surface area contributed by atoms with Gasteiger partial charge in [-0.25, -0.2) is 14.8 Å².